The van der Waals surface area contributed by atoms with Crippen LogP contribution in [0.3, 0.4) is 0 Å². The van der Waals surface area contributed by atoms with Gasteiger partial charge in [-0.2, -0.15) is 9.61 Å². The molecular weight excluding hydrogens is 364 g/mol. The minimum Gasteiger partial charge on any atom is -0.477 e. The number of nitrogens with one attached hydrogen (secondary N) is 1. The lowest BCUT2D eigenvalue weighted by Crippen LogP contribution is -2.25. The van der Waals surface area contributed by atoms with E-state index < -0.39 is 0 Å². The van der Waals surface area contributed by atoms with E-state index in [9.17, 15) is 4.79 Å². The molecule has 0 unspecified atom stereocenters. The molecule has 1 amide bonds. The highest BCUT2D eigenvalue weighted by Crippen LogP contribution is 2.22. The Balaban J connectivity index is 1.55. The maximum atomic E-state index is 12.5. The number of aromatic nitrogens is 5. The van der Waals surface area contributed by atoms with Crippen molar-refractivity contribution in [1.82, 2.24) is 30.1 Å². The van der Waals surface area contributed by atoms with Crippen LogP contribution in [0.5, 0.6) is 5.88 Å². The van der Waals surface area contributed by atoms with Crippen molar-refractivity contribution >= 4 is 22.9 Å². The Labute approximate surface area is 158 Å². The topological polar surface area (TPSA) is 94.3 Å². The number of ether oxygens (including phenoxy) is 1. The molecule has 4 rings (SSSR count). The molecule has 0 aliphatic heterocycles. The first kappa shape index (κ1) is 17.1. The van der Waals surface area contributed by atoms with Gasteiger partial charge in [0.1, 0.15) is 11.3 Å². The van der Waals surface area contributed by atoms with E-state index in [0.717, 1.165) is 10.6 Å². The third kappa shape index (κ3) is 3.49. The van der Waals surface area contributed by atoms with Crippen molar-refractivity contribution < 1.29 is 9.53 Å². The summed E-state index contributed by atoms with van der Waals surface area (Å²) in [4.78, 5) is 17.7. The summed E-state index contributed by atoms with van der Waals surface area (Å²) in [5.41, 5.74) is 1.83. The number of nitrogens with zero attached hydrogens (tertiary/aromatic N) is 5. The molecule has 0 aliphatic rings. The highest BCUT2D eigenvalue weighted by molar-refractivity contribution is 7.13. The summed E-state index contributed by atoms with van der Waals surface area (Å²) in [6.07, 6.45) is 1.59. The summed E-state index contributed by atoms with van der Waals surface area (Å²) in [6.45, 7) is 2.46. The Bertz CT molecular complexity index is 1080. The largest absolute Gasteiger partial charge is 0.477 e. The molecule has 0 bridgehead atoms. The summed E-state index contributed by atoms with van der Waals surface area (Å²) < 4.78 is 7.05. The summed E-state index contributed by atoms with van der Waals surface area (Å²) in [5.74, 6) is 0.554. The van der Waals surface area contributed by atoms with Crippen molar-refractivity contribution in [1.29, 1.82) is 0 Å². The van der Waals surface area contributed by atoms with Gasteiger partial charge in [-0.15, -0.1) is 21.5 Å². The van der Waals surface area contributed by atoms with Gasteiger partial charge in [-0.3, -0.25) is 4.79 Å². The molecule has 0 saturated carbocycles. The fourth-order valence-electron chi connectivity index (χ4n) is 2.57. The number of thiophene rings is 1. The number of fused-ring (bicyclic) bond motifs is 1. The van der Waals surface area contributed by atoms with Gasteiger partial charge < -0.3 is 10.1 Å². The quantitative estimate of drug-likeness (QED) is 0.552. The van der Waals surface area contributed by atoms with Gasteiger partial charge in [-0.05, 0) is 42.6 Å². The first-order valence-electron chi connectivity index (χ1n) is 8.37. The molecule has 0 radical (unpaired) electrons. The van der Waals surface area contributed by atoms with Crippen LogP contribution >= 0.6 is 11.3 Å². The van der Waals surface area contributed by atoms with Crippen molar-refractivity contribution in [3.8, 4) is 16.5 Å². The number of hydrogen-bond donors (Lipinski definition) is 1. The van der Waals surface area contributed by atoms with Crippen LogP contribution in [-0.2, 0) is 6.54 Å². The first-order chi connectivity index (χ1) is 13.3. The van der Waals surface area contributed by atoms with E-state index in [1.807, 2.05) is 36.6 Å². The molecule has 0 spiro atoms. The molecule has 0 saturated heterocycles. The second-order valence-corrected chi connectivity index (χ2v) is 6.50. The fraction of sp³-hybridized carbons (Fsp3) is 0.167. The Hall–Kier alpha value is -3.33. The second kappa shape index (κ2) is 7.50. The zero-order chi connectivity index (χ0) is 18.6. The van der Waals surface area contributed by atoms with Crippen LogP contribution in [-0.4, -0.2) is 37.3 Å². The second-order valence-electron chi connectivity index (χ2n) is 5.55. The molecule has 4 heterocycles. The van der Waals surface area contributed by atoms with Crippen molar-refractivity contribution in [2.45, 2.75) is 13.5 Å². The SMILES string of the molecule is CCOc1ncccc1C(=O)NCc1nnc2ccc(-c3cccs3)nn12. The number of rotatable bonds is 6. The van der Waals surface area contributed by atoms with Crippen LogP contribution in [0.15, 0.2) is 48.0 Å². The number of hydrogen-bond acceptors (Lipinski definition) is 7. The summed E-state index contributed by atoms with van der Waals surface area (Å²) >= 11 is 1.61. The van der Waals surface area contributed by atoms with E-state index in [-0.39, 0.29) is 12.5 Å². The predicted octanol–water partition coefficient (Wildman–Crippen LogP) is 2.58. The van der Waals surface area contributed by atoms with Gasteiger partial charge in [0.05, 0.1) is 18.0 Å². The molecule has 8 nitrogen and oxygen atoms in total. The lowest BCUT2D eigenvalue weighted by atomic mass is 10.2. The smallest absolute Gasteiger partial charge is 0.257 e. The fourth-order valence-corrected chi connectivity index (χ4v) is 3.26. The summed E-state index contributed by atoms with van der Waals surface area (Å²) in [7, 11) is 0. The van der Waals surface area contributed by atoms with Gasteiger partial charge in [0.15, 0.2) is 11.5 Å². The normalized spacial score (nSPS) is 10.9. The highest BCUT2D eigenvalue weighted by Gasteiger charge is 2.15. The molecule has 4 aromatic rings. The Morgan fingerprint density at radius 3 is 2.96 bits per heavy atom. The van der Waals surface area contributed by atoms with E-state index in [1.54, 1.807) is 34.2 Å². The number of pyridine rings is 1. The molecule has 0 atom stereocenters. The van der Waals surface area contributed by atoms with Gasteiger partial charge in [0.25, 0.3) is 5.91 Å². The van der Waals surface area contributed by atoms with E-state index in [1.165, 1.54) is 0 Å². The average Bonchev–Trinajstić information content (AvgIpc) is 3.36. The van der Waals surface area contributed by atoms with Gasteiger partial charge >= 0.3 is 0 Å². The van der Waals surface area contributed by atoms with E-state index in [2.05, 4.69) is 25.6 Å². The zero-order valence-corrected chi connectivity index (χ0v) is 15.3. The molecule has 0 fully saturated rings. The lowest BCUT2D eigenvalue weighted by Gasteiger charge is -2.08. The van der Waals surface area contributed by atoms with Crippen molar-refractivity contribution in [3.63, 3.8) is 0 Å². The molecule has 9 heteroatoms. The molecule has 4 aromatic heterocycles. The van der Waals surface area contributed by atoms with Gasteiger partial charge in [-0.25, -0.2) is 4.98 Å². The van der Waals surface area contributed by atoms with Crippen molar-refractivity contribution in [3.05, 3.63) is 59.4 Å². The third-order valence-electron chi connectivity index (χ3n) is 3.80. The van der Waals surface area contributed by atoms with Crippen LogP contribution in [0, 0.1) is 0 Å². The maximum Gasteiger partial charge on any atom is 0.257 e. The van der Waals surface area contributed by atoms with Gasteiger partial charge in [-0.1, -0.05) is 6.07 Å². The standard InChI is InChI=1S/C18H16N6O2S/c1-2-26-18-12(5-3-9-19-18)17(25)20-11-16-22-21-15-8-7-13(23-24(15)16)14-6-4-10-27-14/h3-10H,2,11H2,1H3,(H,20,25). The van der Waals surface area contributed by atoms with E-state index in [4.69, 9.17) is 4.74 Å². The number of amides is 1. The zero-order valence-electron chi connectivity index (χ0n) is 14.5. The summed E-state index contributed by atoms with van der Waals surface area (Å²) in [6, 6.07) is 11.1. The average molecular weight is 380 g/mol. The molecule has 1 N–H and O–H groups in total. The Morgan fingerprint density at radius 2 is 2.15 bits per heavy atom. The van der Waals surface area contributed by atoms with Crippen LogP contribution in [0.1, 0.15) is 23.1 Å². The van der Waals surface area contributed by atoms with Crippen LogP contribution in [0.4, 0.5) is 0 Å². The van der Waals surface area contributed by atoms with Crippen LogP contribution in [0.25, 0.3) is 16.2 Å². The van der Waals surface area contributed by atoms with Gasteiger partial charge in [0, 0.05) is 6.20 Å². The Morgan fingerprint density at radius 1 is 1.22 bits per heavy atom. The van der Waals surface area contributed by atoms with Crippen LogP contribution in [0.2, 0.25) is 0 Å². The van der Waals surface area contributed by atoms with E-state index in [0.29, 0.717) is 29.5 Å². The van der Waals surface area contributed by atoms with Crippen molar-refractivity contribution in [2.24, 2.45) is 0 Å². The third-order valence-corrected chi connectivity index (χ3v) is 4.70. The molecule has 0 aliphatic carbocycles. The molecule has 136 valence electrons. The molecule has 0 aromatic carbocycles. The monoisotopic (exact) mass is 380 g/mol. The van der Waals surface area contributed by atoms with E-state index >= 15 is 0 Å². The minimum atomic E-state index is -0.294. The molecular formula is C18H16N6O2S. The first-order valence-corrected chi connectivity index (χ1v) is 9.25. The molecule has 27 heavy (non-hydrogen) atoms. The van der Waals surface area contributed by atoms with Gasteiger partial charge in [0.2, 0.25) is 5.88 Å². The van der Waals surface area contributed by atoms with Crippen molar-refractivity contribution in [2.75, 3.05) is 6.61 Å². The maximum absolute atomic E-state index is 12.5. The summed E-state index contributed by atoms with van der Waals surface area (Å²) in [5, 5.41) is 17.7. The minimum absolute atomic E-state index is 0.182. The number of carbonyl (C=O) groups is 1. The Kier molecular flexibility index (Phi) is 4.75. The van der Waals surface area contributed by atoms with Crippen LogP contribution < -0.4 is 10.1 Å². The highest BCUT2D eigenvalue weighted by atomic mass is 32.1. The number of carbonyl (C=O) groups excluding carboxylic acids is 1. The lowest BCUT2D eigenvalue weighted by molar-refractivity contribution is 0.0945. The predicted molar refractivity (Wildman–Crippen MR) is 101 cm³/mol.